The van der Waals surface area contributed by atoms with Gasteiger partial charge in [-0.05, 0) is 6.07 Å². The number of nitrogens with zero attached hydrogens (tertiary/aromatic N) is 1. The number of hydrogen-bond donors (Lipinski definition) is 0. The molecule has 0 radical (unpaired) electrons. The van der Waals surface area contributed by atoms with Gasteiger partial charge in [0.1, 0.15) is 0 Å². The van der Waals surface area contributed by atoms with E-state index >= 15 is 0 Å². The number of nitro groups is 1. The number of benzene rings is 1. The highest BCUT2D eigenvalue weighted by Crippen LogP contribution is 2.36. The van der Waals surface area contributed by atoms with E-state index < -0.39 is 22.4 Å². The SMILES string of the molecule is O=[N+]([O-])c1cccc(C(F)(F)F)c1CBr. The van der Waals surface area contributed by atoms with Crippen LogP contribution in [0, 0.1) is 10.1 Å². The van der Waals surface area contributed by atoms with Gasteiger partial charge in [-0.15, -0.1) is 0 Å². The Morgan fingerprint density at radius 1 is 1.40 bits per heavy atom. The van der Waals surface area contributed by atoms with Crippen LogP contribution in [0.3, 0.4) is 0 Å². The lowest BCUT2D eigenvalue weighted by atomic mass is 10.1. The lowest BCUT2D eigenvalue weighted by Crippen LogP contribution is -2.10. The summed E-state index contributed by atoms with van der Waals surface area (Å²) in [6, 6.07) is 2.89. The Balaban J connectivity index is 3.42. The van der Waals surface area contributed by atoms with Crippen LogP contribution in [0.5, 0.6) is 0 Å². The van der Waals surface area contributed by atoms with E-state index in [0.717, 1.165) is 18.2 Å². The van der Waals surface area contributed by atoms with Crippen molar-refractivity contribution in [3.8, 4) is 0 Å². The minimum absolute atomic E-state index is 0.209. The summed E-state index contributed by atoms with van der Waals surface area (Å²) in [7, 11) is 0. The fourth-order valence-corrected chi connectivity index (χ4v) is 1.74. The molecule has 3 nitrogen and oxygen atoms in total. The second kappa shape index (κ2) is 4.18. The second-order valence-electron chi connectivity index (χ2n) is 2.69. The van der Waals surface area contributed by atoms with Gasteiger partial charge in [-0.3, -0.25) is 10.1 Å². The zero-order valence-corrected chi connectivity index (χ0v) is 8.80. The molecule has 1 rings (SSSR count). The molecular weight excluding hydrogens is 279 g/mol. The van der Waals surface area contributed by atoms with Crippen molar-refractivity contribution >= 4 is 21.6 Å². The highest BCUT2D eigenvalue weighted by Gasteiger charge is 2.35. The Morgan fingerprint density at radius 3 is 2.40 bits per heavy atom. The third kappa shape index (κ3) is 2.47. The van der Waals surface area contributed by atoms with Gasteiger partial charge in [-0.1, -0.05) is 22.0 Å². The van der Waals surface area contributed by atoms with Crippen molar-refractivity contribution in [2.45, 2.75) is 11.5 Å². The largest absolute Gasteiger partial charge is 0.416 e. The first-order valence-corrected chi connectivity index (χ1v) is 4.89. The van der Waals surface area contributed by atoms with E-state index in [1.807, 2.05) is 0 Å². The molecule has 0 aliphatic carbocycles. The van der Waals surface area contributed by atoms with Gasteiger partial charge in [0, 0.05) is 11.4 Å². The molecule has 0 spiro atoms. The second-order valence-corrected chi connectivity index (χ2v) is 3.25. The number of rotatable bonds is 2. The predicted molar refractivity (Wildman–Crippen MR) is 50.7 cm³/mol. The predicted octanol–water partition coefficient (Wildman–Crippen LogP) is 3.51. The Labute approximate surface area is 91.2 Å². The van der Waals surface area contributed by atoms with Crippen LogP contribution < -0.4 is 0 Å². The first-order chi connectivity index (χ1) is 6.88. The third-order valence-electron chi connectivity index (χ3n) is 1.79. The van der Waals surface area contributed by atoms with Crippen molar-refractivity contribution in [3.05, 3.63) is 39.4 Å². The zero-order chi connectivity index (χ0) is 11.6. The van der Waals surface area contributed by atoms with Crippen LogP contribution >= 0.6 is 15.9 Å². The quantitative estimate of drug-likeness (QED) is 0.474. The van der Waals surface area contributed by atoms with E-state index in [1.165, 1.54) is 0 Å². The number of nitro benzene ring substituents is 1. The van der Waals surface area contributed by atoms with Gasteiger partial charge in [0.25, 0.3) is 5.69 Å². The van der Waals surface area contributed by atoms with E-state index in [0.29, 0.717) is 0 Å². The lowest BCUT2D eigenvalue weighted by molar-refractivity contribution is -0.385. The molecule has 1 aromatic carbocycles. The summed E-state index contributed by atoms with van der Waals surface area (Å²) in [4.78, 5) is 9.65. The molecule has 0 saturated heterocycles. The number of alkyl halides is 4. The smallest absolute Gasteiger partial charge is 0.258 e. The first-order valence-electron chi connectivity index (χ1n) is 3.77. The van der Waals surface area contributed by atoms with Crippen LogP contribution in [0.4, 0.5) is 18.9 Å². The summed E-state index contributed by atoms with van der Waals surface area (Å²) < 4.78 is 37.3. The first kappa shape index (κ1) is 12.0. The Kier molecular flexibility index (Phi) is 3.33. The maximum atomic E-state index is 12.4. The third-order valence-corrected chi connectivity index (χ3v) is 2.35. The summed E-state index contributed by atoms with van der Waals surface area (Å²) >= 11 is 2.82. The van der Waals surface area contributed by atoms with Crippen molar-refractivity contribution < 1.29 is 18.1 Å². The Bertz CT molecular complexity index is 392. The van der Waals surface area contributed by atoms with Crippen molar-refractivity contribution in [1.82, 2.24) is 0 Å². The van der Waals surface area contributed by atoms with Crippen molar-refractivity contribution in [3.63, 3.8) is 0 Å². The minimum Gasteiger partial charge on any atom is -0.258 e. The van der Waals surface area contributed by atoms with E-state index in [-0.39, 0.29) is 10.9 Å². The topological polar surface area (TPSA) is 43.1 Å². The summed E-state index contributed by atoms with van der Waals surface area (Å²) in [6.07, 6.45) is -4.57. The molecule has 0 unspecified atom stereocenters. The highest BCUT2D eigenvalue weighted by molar-refractivity contribution is 9.08. The molecule has 0 fully saturated rings. The molecule has 0 aliphatic heterocycles. The molecular formula is C8H5BrF3NO2. The molecule has 0 aliphatic rings. The molecule has 1 aromatic rings. The van der Waals surface area contributed by atoms with Crippen molar-refractivity contribution in [1.29, 1.82) is 0 Å². The average molecular weight is 284 g/mol. The van der Waals surface area contributed by atoms with Crippen LogP contribution in [-0.2, 0) is 11.5 Å². The normalized spacial score (nSPS) is 11.5. The Morgan fingerprint density at radius 2 is 2.00 bits per heavy atom. The van der Waals surface area contributed by atoms with Crippen LogP contribution in [0.2, 0.25) is 0 Å². The highest BCUT2D eigenvalue weighted by atomic mass is 79.9. The molecule has 82 valence electrons. The van der Waals surface area contributed by atoms with E-state index in [9.17, 15) is 23.3 Å². The van der Waals surface area contributed by atoms with Crippen molar-refractivity contribution in [2.24, 2.45) is 0 Å². The molecule has 0 atom stereocenters. The maximum Gasteiger partial charge on any atom is 0.416 e. The van der Waals surface area contributed by atoms with Gasteiger partial charge in [0.15, 0.2) is 0 Å². The van der Waals surface area contributed by atoms with E-state index in [2.05, 4.69) is 15.9 Å². The van der Waals surface area contributed by atoms with Crippen molar-refractivity contribution in [2.75, 3.05) is 0 Å². The molecule has 0 amide bonds. The summed E-state index contributed by atoms with van der Waals surface area (Å²) in [6.45, 7) is 0. The van der Waals surface area contributed by atoms with Gasteiger partial charge < -0.3 is 0 Å². The molecule has 0 saturated carbocycles. The summed E-state index contributed by atoms with van der Waals surface area (Å²) in [5, 5.41) is 10.3. The van der Waals surface area contributed by atoms with Gasteiger partial charge >= 0.3 is 6.18 Å². The molecule has 0 heterocycles. The molecule has 0 N–H and O–H groups in total. The summed E-state index contributed by atoms with van der Waals surface area (Å²) in [5.74, 6) is 0. The van der Waals surface area contributed by atoms with E-state index in [4.69, 9.17) is 0 Å². The monoisotopic (exact) mass is 283 g/mol. The number of halogens is 4. The van der Waals surface area contributed by atoms with Gasteiger partial charge in [0.05, 0.1) is 16.1 Å². The van der Waals surface area contributed by atoms with Gasteiger partial charge in [-0.25, -0.2) is 0 Å². The van der Waals surface area contributed by atoms with Gasteiger partial charge in [0.2, 0.25) is 0 Å². The van der Waals surface area contributed by atoms with Gasteiger partial charge in [-0.2, -0.15) is 13.2 Å². The average Bonchev–Trinajstić information content (AvgIpc) is 2.15. The summed E-state index contributed by atoms with van der Waals surface area (Å²) in [5.41, 5.74) is -1.86. The molecule has 15 heavy (non-hydrogen) atoms. The van der Waals surface area contributed by atoms with E-state index in [1.54, 1.807) is 0 Å². The standard InChI is InChI=1S/C8H5BrF3NO2/c9-4-5-6(8(10,11)12)2-1-3-7(5)13(14)15/h1-3H,4H2. The van der Waals surface area contributed by atoms with Crippen LogP contribution in [-0.4, -0.2) is 4.92 Å². The fourth-order valence-electron chi connectivity index (χ4n) is 1.15. The van der Waals surface area contributed by atoms with Crippen LogP contribution in [0.25, 0.3) is 0 Å². The number of hydrogen-bond acceptors (Lipinski definition) is 2. The fraction of sp³-hybridized carbons (Fsp3) is 0.250. The Hall–Kier alpha value is -1.11. The van der Waals surface area contributed by atoms with Crippen LogP contribution in [0.1, 0.15) is 11.1 Å². The molecule has 7 heteroatoms. The molecule has 0 bridgehead atoms. The minimum atomic E-state index is -4.57. The van der Waals surface area contributed by atoms with Crippen LogP contribution in [0.15, 0.2) is 18.2 Å². The maximum absolute atomic E-state index is 12.4. The molecule has 0 aromatic heterocycles. The lowest BCUT2D eigenvalue weighted by Gasteiger charge is -2.10. The zero-order valence-electron chi connectivity index (χ0n) is 7.21.